The highest BCUT2D eigenvalue weighted by Crippen LogP contribution is 1.70. The van der Waals surface area contributed by atoms with Gasteiger partial charge in [0.05, 0.1) is 4.43 Å². The van der Waals surface area contributed by atoms with E-state index in [4.69, 9.17) is 1.37 Å². The van der Waals surface area contributed by atoms with E-state index < -0.39 is 0 Å². The molecule has 0 rings (SSSR count). The van der Waals surface area contributed by atoms with Gasteiger partial charge in [0.15, 0.2) is 0 Å². The monoisotopic (exact) mass is 216 g/mol. The number of thiol groups is 1. The molecule has 0 aromatic carbocycles. The van der Waals surface area contributed by atoms with E-state index in [0.717, 1.165) is 4.43 Å². The van der Waals surface area contributed by atoms with Crippen LogP contribution in [-0.2, 0) is 0 Å². The van der Waals surface area contributed by atoms with Crippen LogP contribution in [0.15, 0.2) is 0 Å². The molecule has 0 bridgehead atoms. The molecule has 0 heterocycles. The van der Waals surface area contributed by atoms with E-state index in [9.17, 15) is 0 Å². The zero-order chi connectivity index (χ0) is 6.12. The number of hydrogen-bond acceptors (Lipinski definition) is 1. The molecule has 0 aliphatic heterocycles. The molecule has 0 atom stereocenters. The molecule has 2 heteroatoms. The summed E-state index contributed by atoms with van der Waals surface area (Å²) in [5, 5.41) is 0. The Morgan fingerprint density at radius 2 is 2.67 bits per heavy atom. The lowest BCUT2D eigenvalue weighted by atomic mass is 10.9. The van der Waals surface area contributed by atoms with E-state index >= 15 is 0 Å². The van der Waals surface area contributed by atoms with Crippen molar-refractivity contribution in [3.05, 3.63) is 0 Å². The second kappa shape index (κ2) is 17.4. The molecular weight excluding hydrogens is 207 g/mol. The Bertz CT molecular complexity index is 63.8. The first kappa shape index (κ1) is 6.64. The highest BCUT2D eigenvalue weighted by molar-refractivity contribution is 14.1. The Labute approximate surface area is 59.7 Å². The van der Waals surface area contributed by atoms with Gasteiger partial charge in [-0.05, 0) is 6.26 Å². The van der Waals surface area contributed by atoms with Gasteiger partial charge in [-0.3, -0.25) is 0 Å². The molecular formula is C4H7IS. The molecule has 0 saturated heterocycles. The molecule has 0 aliphatic rings. The van der Waals surface area contributed by atoms with Crippen LogP contribution in [0.5, 0.6) is 0 Å². The summed E-state index contributed by atoms with van der Waals surface area (Å²) in [7, 11) is 0. The number of rotatable bonds is 0. The summed E-state index contributed by atoms with van der Waals surface area (Å²) in [6.45, 7) is 0. The van der Waals surface area contributed by atoms with Gasteiger partial charge in [-0.25, -0.2) is 0 Å². The highest BCUT2D eigenvalue weighted by Gasteiger charge is 1.46. The molecule has 0 aromatic rings. The van der Waals surface area contributed by atoms with Crippen LogP contribution in [0.2, 0.25) is 0 Å². The van der Waals surface area contributed by atoms with Gasteiger partial charge in [0.1, 0.15) is 1.37 Å². The first-order chi connectivity index (χ1) is 3.41. The maximum Gasteiger partial charge on any atom is 0.124 e. The zero-order valence-corrected chi connectivity index (χ0v) is 6.58. The fraction of sp³-hybridized carbons (Fsp3) is 0.500. The van der Waals surface area contributed by atoms with Crippen molar-refractivity contribution in [1.82, 2.24) is 0 Å². The Kier molecular flexibility index (Phi) is 19.3. The average molecular weight is 216 g/mol. The van der Waals surface area contributed by atoms with Crippen molar-refractivity contribution in [1.29, 1.82) is 0 Å². The van der Waals surface area contributed by atoms with Gasteiger partial charge in [0.25, 0.3) is 0 Å². The summed E-state index contributed by atoms with van der Waals surface area (Å²) in [4.78, 5) is 0. The molecule has 0 fully saturated rings. The SMILES string of the molecule is CS.[3H]C#CCI. The van der Waals surface area contributed by atoms with E-state index in [0.29, 0.717) is 0 Å². The Morgan fingerprint density at radius 1 is 2.17 bits per heavy atom. The summed E-state index contributed by atoms with van der Waals surface area (Å²) in [6, 6.07) is 0. The van der Waals surface area contributed by atoms with Crippen LogP contribution in [0.25, 0.3) is 0 Å². The van der Waals surface area contributed by atoms with Crippen LogP contribution >= 0.6 is 35.2 Å². The highest BCUT2D eigenvalue weighted by atomic mass is 127. The van der Waals surface area contributed by atoms with Crippen LogP contribution in [0, 0.1) is 12.3 Å². The van der Waals surface area contributed by atoms with Crippen molar-refractivity contribution < 1.29 is 1.37 Å². The van der Waals surface area contributed by atoms with Gasteiger partial charge < -0.3 is 0 Å². The molecule has 0 spiro atoms. The molecule has 0 aromatic heterocycles. The summed E-state index contributed by atoms with van der Waals surface area (Å²) in [5.74, 6) is 2.51. The predicted octanol–water partition coefficient (Wildman–Crippen LogP) is 1.60. The minimum Gasteiger partial charge on any atom is -0.183 e. The van der Waals surface area contributed by atoms with Crippen LogP contribution < -0.4 is 0 Å². The molecule has 0 saturated carbocycles. The quantitative estimate of drug-likeness (QED) is 0.270. The molecule has 6 heavy (non-hydrogen) atoms. The van der Waals surface area contributed by atoms with E-state index in [1.54, 1.807) is 6.26 Å². The van der Waals surface area contributed by atoms with Gasteiger partial charge in [-0.15, -0.1) is 6.40 Å². The standard InChI is InChI=1S/C3H3I.CH4S/c1-2-3-4;1-2/h1H,3H2;2H,1H3/i1T;. The predicted molar refractivity (Wildman–Crippen MR) is 42.6 cm³/mol. The van der Waals surface area contributed by atoms with Crippen molar-refractivity contribution >= 4 is 35.2 Å². The Balaban J connectivity index is 0. The third-order valence-corrected chi connectivity index (χ3v) is 0.448. The third-order valence-electron chi connectivity index (χ3n) is 0.0668. The normalized spacial score (nSPS) is 5.50. The lowest BCUT2D eigenvalue weighted by Crippen LogP contribution is -1.45. The van der Waals surface area contributed by atoms with Gasteiger partial charge in [0.2, 0.25) is 0 Å². The summed E-state index contributed by atoms with van der Waals surface area (Å²) < 4.78 is 7.00. The molecule has 0 nitrogen and oxygen atoms in total. The van der Waals surface area contributed by atoms with Crippen molar-refractivity contribution in [2.24, 2.45) is 0 Å². The topological polar surface area (TPSA) is 0 Å². The first-order valence-corrected chi connectivity index (χ1v) is 3.74. The number of halogens is 1. The van der Waals surface area contributed by atoms with E-state index in [1.807, 2.05) is 6.40 Å². The van der Waals surface area contributed by atoms with Crippen molar-refractivity contribution in [3.63, 3.8) is 0 Å². The summed E-state index contributed by atoms with van der Waals surface area (Å²) in [5.41, 5.74) is 0. The average Bonchev–Trinajstić information content (AvgIpc) is 1.75. The fourth-order valence-electron chi connectivity index (χ4n) is 0. The van der Waals surface area contributed by atoms with Gasteiger partial charge in [-0.1, -0.05) is 28.5 Å². The lowest BCUT2D eigenvalue weighted by Gasteiger charge is -1.50. The van der Waals surface area contributed by atoms with Crippen molar-refractivity contribution in [2.75, 3.05) is 10.7 Å². The molecule has 0 radical (unpaired) electrons. The first-order valence-electron chi connectivity index (χ1n) is 1.82. The van der Waals surface area contributed by atoms with Crippen molar-refractivity contribution in [2.45, 2.75) is 0 Å². The van der Waals surface area contributed by atoms with Gasteiger partial charge >= 0.3 is 0 Å². The minimum atomic E-state index is 0.765. The van der Waals surface area contributed by atoms with E-state index in [1.165, 1.54) is 0 Å². The largest absolute Gasteiger partial charge is 0.183 e. The lowest BCUT2D eigenvalue weighted by molar-refractivity contribution is 2.06. The van der Waals surface area contributed by atoms with E-state index in [2.05, 4.69) is 41.1 Å². The maximum atomic E-state index is 6.24. The smallest absolute Gasteiger partial charge is 0.124 e. The number of terminal acetylenes is 1. The Hall–Kier alpha value is 0.640. The zero-order valence-electron chi connectivity index (χ0n) is 4.53. The fourth-order valence-corrected chi connectivity index (χ4v) is 0. The van der Waals surface area contributed by atoms with Crippen LogP contribution in [0.1, 0.15) is 1.37 Å². The summed E-state index contributed by atoms with van der Waals surface area (Å²) in [6.07, 6.45) is 3.70. The number of hydrogen-bond donors (Lipinski definition) is 1. The Morgan fingerprint density at radius 3 is 2.67 bits per heavy atom. The molecule has 0 unspecified atom stereocenters. The van der Waals surface area contributed by atoms with Gasteiger partial charge in [-0.2, -0.15) is 12.6 Å². The minimum absolute atomic E-state index is 0.765. The molecule has 0 aliphatic carbocycles. The van der Waals surface area contributed by atoms with E-state index in [-0.39, 0.29) is 0 Å². The van der Waals surface area contributed by atoms with Crippen LogP contribution in [0.4, 0.5) is 0 Å². The van der Waals surface area contributed by atoms with Crippen LogP contribution in [-0.4, -0.2) is 10.7 Å². The molecule has 0 amide bonds. The maximum absolute atomic E-state index is 6.24. The second-order valence-electron chi connectivity index (χ2n) is 0.310. The molecule has 36 valence electrons. The van der Waals surface area contributed by atoms with Gasteiger partial charge in [0, 0.05) is 0 Å². The van der Waals surface area contributed by atoms with Crippen molar-refractivity contribution in [3.8, 4) is 12.3 Å². The summed E-state index contributed by atoms with van der Waals surface area (Å²) >= 11 is 5.62. The van der Waals surface area contributed by atoms with Crippen LogP contribution in [0.3, 0.4) is 0 Å². The second-order valence-corrected chi connectivity index (χ2v) is 1.07. The third kappa shape index (κ3) is 22.9. The number of alkyl halides is 1. The molecule has 0 N–H and O–H groups in total.